The van der Waals surface area contributed by atoms with Crippen LogP contribution in [0.15, 0.2) is 158 Å². The van der Waals surface area contributed by atoms with Gasteiger partial charge < -0.3 is 9.80 Å². The van der Waals surface area contributed by atoms with Crippen LogP contribution in [0.1, 0.15) is 11.1 Å². The summed E-state index contributed by atoms with van der Waals surface area (Å²) in [6.07, 6.45) is 2.01. The van der Waals surface area contributed by atoms with Crippen molar-refractivity contribution >= 4 is 34.1 Å². The lowest BCUT2D eigenvalue weighted by Gasteiger charge is -2.26. The van der Waals surface area contributed by atoms with Crippen LogP contribution in [0, 0.1) is 0 Å². The molecule has 0 saturated heterocycles. The van der Waals surface area contributed by atoms with E-state index in [1.807, 2.05) is 0 Å². The number of nitrogens with zero attached hydrogens (tertiary/aromatic N) is 2. The van der Waals surface area contributed by atoms with Crippen LogP contribution in [0.25, 0.3) is 11.1 Å². The van der Waals surface area contributed by atoms with Gasteiger partial charge in [-0.3, -0.25) is 0 Å². The molecule has 7 aliphatic heterocycles. The van der Waals surface area contributed by atoms with Crippen LogP contribution in [-0.2, 0) is 12.8 Å². The Morgan fingerprint density at radius 1 is 0.275 bits per heavy atom. The fraction of sp³-hybridized carbons (Fsp3) is 0.0526. The van der Waals surface area contributed by atoms with Gasteiger partial charge in [-0.2, -0.15) is 0 Å². The van der Waals surface area contributed by atoms with Gasteiger partial charge >= 0.3 is 0 Å². The van der Waals surface area contributed by atoms with Gasteiger partial charge in [-0.15, -0.1) is 0 Å². The van der Waals surface area contributed by atoms with E-state index < -0.39 is 0 Å². The Hall–Kier alpha value is -5.08. The molecule has 0 saturated carbocycles. The van der Waals surface area contributed by atoms with Gasteiger partial charge in [0.1, 0.15) is 0 Å². The fourth-order valence-electron chi connectivity index (χ4n) is 5.57. The molecule has 0 spiro atoms. The van der Waals surface area contributed by atoms with Gasteiger partial charge in [0.05, 0.1) is 0 Å². The third-order valence-corrected chi connectivity index (χ3v) is 7.70. The molecule has 0 fully saturated rings. The number of hydrogen-bond acceptors (Lipinski definition) is 2. The highest BCUT2D eigenvalue weighted by Crippen LogP contribution is 2.38. The molecule has 2 nitrogen and oxygen atoms in total. The smallest absolute Gasteiger partial charge is 0.0462 e. The number of rotatable bonds is 2. The molecule has 0 atom stereocenters. The molecular formula is C38H30N2. The van der Waals surface area contributed by atoms with Crippen LogP contribution in [0.5, 0.6) is 0 Å². The Bertz CT molecular complexity index is 1560. The van der Waals surface area contributed by atoms with Crippen molar-refractivity contribution in [2.45, 2.75) is 12.8 Å². The number of hydrogen-bond donors (Lipinski definition) is 0. The van der Waals surface area contributed by atoms with E-state index in [0.29, 0.717) is 0 Å². The largest absolute Gasteiger partial charge is 0.311 e. The minimum absolute atomic E-state index is 1.00. The van der Waals surface area contributed by atoms with Crippen molar-refractivity contribution in [3.8, 4) is 11.1 Å². The monoisotopic (exact) mass is 514 g/mol. The SMILES string of the molecule is c1ccc(N2c3ccc(cc3)CCc3ccc(cc3)N(c3ccccc3)c3ccc(cc3)-c3ccc2cc3)cc1. The maximum Gasteiger partial charge on any atom is 0.0462 e. The molecule has 7 heterocycles. The fourth-order valence-corrected chi connectivity index (χ4v) is 5.57. The Morgan fingerprint density at radius 3 is 0.875 bits per heavy atom. The summed E-state index contributed by atoms with van der Waals surface area (Å²) >= 11 is 0. The van der Waals surface area contributed by atoms with Crippen molar-refractivity contribution in [1.29, 1.82) is 0 Å². The van der Waals surface area contributed by atoms with Crippen LogP contribution in [0.2, 0.25) is 0 Å². The van der Waals surface area contributed by atoms with Crippen LogP contribution in [0.3, 0.4) is 0 Å². The average Bonchev–Trinajstić information content (AvgIpc) is 3.03. The molecule has 0 N–H and O–H groups in total. The lowest BCUT2D eigenvalue weighted by molar-refractivity contribution is 0.959. The van der Waals surface area contributed by atoms with Gasteiger partial charge in [0.2, 0.25) is 0 Å². The second kappa shape index (κ2) is 10.6. The first-order valence-corrected chi connectivity index (χ1v) is 13.9. The number of para-hydroxylation sites is 2. The molecule has 8 bridgehead atoms. The molecule has 192 valence electrons. The zero-order chi connectivity index (χ0) is 26.7. The second-order valence-corrected chi connectivity index (χ2v) is 10.3. The van der Waals surface area contributed by atoms with Crippen molar-refractivity contribution in [3.63, 3.8) is 0 Å². The highest BCUT2D eigenvalue weighted by Gasteiger charge is 2.15. The molecular weight excluding hydrogens is 484 g/mol. The summed E-state index contributed by atoms with van der Waals surface area (Å²) < 4.78 is 0. The van der Waals surface area contributed by atoms with E-state index in [4.69, 9.17) is 0 Å². The van der Waals surface area contributed by atoms with Crippen molar-refractivity contribution in [1.82, 2.24) is 0 Å². The van der Waals surface area contributed by atoms with Crippen LogP contribution < -0.4 is 9.80 Å². The highest BCUT2D eigenvalue weighted by atomic mass is 15.1. The van der Waals surface area contributed by atoms with E-state index in [0.717, 1.165) is 47.0 Å². The normalized spacial score (nSPS) is 12.7. The summed E-state index contributed by atoms with van der Waals surface area (Å²) in [6.45, 7) is 0. The standard InChI is InChI=1S/C38H30N2/c1-3-7-33(8-4-1)39-35-21-13-29(14-22-35)11-12-30-15-23-36(24-16-30)40(34-9-5-2-6-10-34)38-27-19-32(20-28-38)31-17-25-37(39)26-18-31/h1-10,13-28H,11-12H2. The first-order chi connectivity index (χ1) is 19.8. The molecule has 6 aromatic rings. The van der Waals surface area contributed by atoms with E-state index in [9.17, 15) is 0 Å². The van der Waals surface area contributed by atoms with Crippen LogP contribution >= 0.6 is 0 Å². The first kappa shape index (κ1) is 24.0. The van der Waals surface area contributed by atoms with E-state index in [2.05, 4.69) is 168 Å². The predicted molar refractivity (Wildman–Crippen MR) is 169 cm³/mol. The van der Waals surface area contributed by atoms with Crippen LogP contribution in [-0.4, -0.2) is 0 Å². The molecule has 0 radical (unpaired) electrons. The summed E-state index contributed by atoms with van der Waals surface area (Å²) in [5.41, 5.74) is 12.0. The first-order valence-electron chi connectivity index (χ1n) is 13.9. The molecule has 6 aromatic carbocycles. The van der Waals surface area contributed by atoms with E-state index in [1.165, 1.54) is 22.3 Å². The number of benzene rings is 6. The van der Waals surface area contributed by atoms with Gasteiger partial charge in [-0.25, -0.2) is 0 Å². The summed E-state index contributed by atoms with van der Waals surface area (Å²) in [7, 11) is 0. The Morgan fingerprint density at radius 2 is 0.550 bits per heavy atom. The third kappa shape index (κ3) is 4.76. The Kier molecular flexibility index (Phi) is 6.35. The lowest BCUT2D eigenvalue weighted by atomic mass is 10.0. The van der Waals surface area contributed by atoms with Crippen molar-refractivity contribution in [3.05, 3.63) is 169 Å². The maximum atomic E-state index is 2.32. The molecule has 2 heteroatoms. The Balaban J connectivity index is 1.35. The quantitative estimate of drug-likeness (QED) is 0.227. The molecule has 7 aliphatic rings. The van der Waals surface area contributed by atoms with E-state index >= 15 is 0 Å². The van der Waals surface area contributed by atoms with Gasteiger partial charge in [0, 0.05) is 34.1 Å². The lowest BCUT2D eigenvalue weighted by Crippen LogP contribution is -2.10. The van der Waals surface area contributed by atoms with Gasteiger partial charge in [0.15, 0.2) is 0 Å². The van der Waals surface area contributed by atoms with Crippen molar-refractivity contribution in [2.24, 2.45) is 0 Å². The molecule has 0 aromatic heterocycles. The maximum absolute atomic E-state index is 2.32. The van der Waals surface area contributed by atoms with Crippen molar-refractivity contribution in [2.75, 3.05) is 9.80 Å². The molecule has 0 amide bonds. The summed E-state index contributed by atoms with van der Waals surface area (Å²) in [6, 6.07) is 57.0. The van der Waals surface area contributed by atoms with E-state index in [1.54, 1.807) is 0 Å². The average molecular weight is 515 g/mol. The minimum Gasteiger partial charge on any atom is -0.311 e. The number of aryl methyl sites for hydroxylation is 2. The topological polar surface area (TPSA) is 6.48 Å². The van der Waals surface area contributed by atoms with Gasteiger partial charge in [-0.1, -0.05) is 84.9 Å². The van der Waals surface area contributed by atoms with Gasteiger partial charge in [0.25, 0.3) is 0 Å². The summed E-state index contributed by atoms with van der Waals surface area (Å²) in [5, 5.41) is 0. The zero-order valence-corrected chi connectivity index (χ0v) is 22.3. The van der Waals surface area contributed by atoms with Crippen LogP contribution in [0.4, 0.5) is 34.1 Å². The molecule has 0 unspecified atom stereocenters. The summed E-state index contributed by atoms with van der Waals surface area (Å²) in [5.74, 6) is 0. The van der Waals surface area contributed by atoms with Gasteiger partial charge in [-0.05, 0) is 108 Å². The number of anilines is 6. The predicted octanol–water partition coefficient (Wildman–Crippen LogP) is 10.4. The molecule has 0 aliphatic carbocycles. The Labute approximate surface area is 236 Å². The van der Waals surface area contributed by atoms with Crippen molar-refractivity contribution < 1.29 is 0 Å². The minimum atomic E-state index is 1.00. The second-order valence-electron chi connectivity index (χ2n) is 10.3. The highest BCUT2D eigenvalue weighted by molar-refractivity contribution is 5.80. The van der Waals surface area contributed by atoms with E-state index in [-0.39, 0.29) is 0 Å². The summed E-state index contributed by atoms with van der Waals surface area (Å²) in [4.78, 5) is 4.65. The molecule has 40 heavy (non-hydrogen) atoms. The molecule has 13 rings (SSSR count). The third-order valence-electron chi connectivity index (χ3n) is 7.70. The zero-order valence-electron chi connectivity index (χ0n) is 22.3.